The summed E-state index contributed by atoms with van der Waals surface area (Å²) in [5.41, 5.74) is 5.66. The Balaban J connectivity index is 0.00000161. The van der Waals surface area contributed by atoms with E-state index in [1.807, 2.05) is 18.3 Å². The first-order valence-corrected chi connectivity index (χ1v) is 7.69. The normalized spacial score (nSPS) is 15.8. The predicted molar refractivity (Wildman–Crippen MR) is 90.5 cm³/mol. The molecule has 0 bridgehead atoms. The van der Waals surface area contributed by atoms with Crippen molar-refractivity contribution in [3.63, 3.8) is 0 Å². The van der Waals surface area contributed by atoms with Crippen molar-refractivity contribution in [1.82, 2.24) is 14.9 Å². The molecule has 2 aromatic heterocycles. The average Bonchev–Trinajstić information content (AvgIpc) is 2.86. The highest BCUT2D eigenvalue weighted by Gasteiger charge is 2.18. The quantitative estimate of drug-likeness (QED) is 0.926. The minimum Gasteiger partial charge on any atom is -0.375 e. The molecule has 2 aromatic rings. The van der Waals surface area contributed by atoms with Crippen molar-refractivity contribution in [1.29, 1.82) is 0 Å². The van der Waals surface area contributed by atoms with Crippen molar-refractivity contribution in [3.8, 4) is 0 Å². The lowest BCUT2D eigenvalue weighted by molar-refractivity contribution is 0.251. The molecule has 2 N–H and O–H groups in total. The first kappa shape index (κ1) is 16.3. The van der Waals surface area contributed by atoms with Crippen LogP contribution in [-0.4, -0.2) is 41.0 Å². The third-order valence-electron chi connectivity index (χ3n) is 3.36. The van der Waals surface area contributed by atoms with E-state index in [-0.39, 0.29) is 12.4 Å². The maximum atomic E-state index is 5.86. The van der Waals surface area contributed by atoms with E-state index in [4.69, 9.17) is 17.3 Å². The lowest BCUT2D eigenvalue weighted by Crippen LogP contribution is -2.46. The second-order valence-corrected chi connectivity index (χ2v) is 6.35. The van der Waals surface area contributed by atoms with E-state index < -0.39 is 0 Å². The van der Waals surface area contributed by atoms with Gasteiger partial charge in [-0.25, -0.2) is 9.97 Å². The molecule has 0 aliphatic carbocycles. The number of halogens is 2. The van der Waals surface area contributed by atoms with Crippen LogP contribution in [0.4, 0.5) is 10.9 Å². The van der Waals surface area contributed by atoms with Crippen LogP contribution in [0.25, 0.3) is 0 Å². The number of hydrogen-bond donors (Lipinski definition) is 1. The summed E-state index contributed by atoms with van der Waals surface area (Å²) >= 11 is 7.43. The van der Waals surface area contributed by atoms with Gasteiger partial charge < -0.3 is 10.6 Å². The fraction of sp³-hybridized carbons (Fsp3) is 0.385. The first-order chi connectivity index (χ1) is 9.70. The number of pyridine rings is 1. The largest absolute Gasteiger partial charge is 0.375 e. The number of piperazine rings is 1. The van der Waals surface area contributed by atoms with Gasteiger partial charge in [-0.15, -0.1) is 23.7 Å². The Bertz CT molecular complexity index is 566. The summed E-state index contributed by atoms with van der Waals surface area (Å²) in [7, 11) is 0. The zero-order chi connectivity index (χ0) is 13.9. The highest BCUT2D eigenvalue weighted by atomic mass is 35.5. The molecular weight excluding hydrogens is 329 g/mol. The van der Waals surface area contributed by atoms with Crippen LogP contribution in [0.1, 0.15) is 4.88 Å². The second-order valence-electron chi connectivity index (χ2n) is 4.76. The highest BCUT2D eigenvalue weighted by Crippen LogP contribution is 2.19. The molecule has 1 aliphatic rings. The molecule has 1 fully saturated rings. The van der Waals surface area contributed by atoms with E-state index in [9.17, 15) is 0 Å². The van der Waals surface area contributed by atoms with Crippen molar-refractivity contribution in [3.05, 3.63) is 34.4 Å². The number of nitrogens with two attached hydrogens (primary N) is 1. The number of aromatic nitrogens is 2. The smallest absolute Gasteiger partial charge is 0.180 e. The molecule has 0 saturated carbocycles. The monoisotopic (exact) mass is 345 g/mol. The van der Waals surface area contributed by atoms with E-state index in [2.05, 4.69) is 19.8 Å². The Morgan fingerprint density at radius 1 is 1.14 bits per heavy atom. The molecular formula is C13H17Cl2N5S. The van der Waals surface area contributed by atoms with Gasteiger partial charge in [0.25, 0.3) is 0 Å². The standard InChI is InChI=1S/C13H16ClN5S.ClH/c14-10-1-2-12(16-7-10)19-5-3-18(4-6-19)9-11-8-17-13(15)20-11;/h1-2,7-8H,3-6,9H2,(H2,15,17);1H. The molecule has 3 rings (SSSR count). The Hall–Kier alpha value is -1.08. The average molecular weight is 346 g/mol. The maximum absolute atomic E-state index is 5.86. The summed E-state index contributed by atoms with van der Waals surface area (Å²) in [6.07, 6.45) is 3.57. The van der Waals surface area contributed by atoms with Gasteiger partial charge in [0, 0.05) is 50.0 Å². The number of nitrogens with zero attached hydrogens (tertiary/aromatic N) is 4. The van der Waals surface area contributed by atoms with Crippen LogP contribution >= 0.6 is 35.3 Å². The molecule has 0 radical (unpaired) electrons. The van der Waals surface area contributed by atoms with Gasteiger partial charge in [0.2, 0.25) is 0 Å². The van der Waals surface area contributed by atoms with Crippen LogP contribution in [0.5, 0.6) is 0 Å². The minimum absolute atomic E-state index is 0. The van der Waals surface area contributed by atoms with E-state index in [0.29, 0.717) is 10.2 Å². The summed E-state index contributed by atoms with van der Waals surface area (Å²) in [6, 6.07) is 3.86. The number of nitrogen functional groups attached to an aromatic ring is 1. The van der Waals surface area contributed by atoms with Crippen molar-refractivity contribution in [2.45, 2.75) is 6.54 Å². The summed E-state index contributed by atoms with van der Waals surface area (Å²) in [6.45, 7) is 4.91. The summed E-state index contributed by atoms with van der Waals surface area (Å²) in [5, 5.41) is 1.32. The Kier molecular flexibility index (Phi) is 5.64. The Morgan fingerprint density at radius 3 is 2.48 bits per heavy atom. The SMILES string of the molecule is Cl.Nc1ncc(CN2CCN(c3ccc(Cl)cn3)CC2)s1. The van der Waals surface area contributed by atoms with Gasteiger partial charge in [-0.3, -0.25) is 4.90 Å². The molecule has 1 aliphatic heterocycles. The molecule has 0 amide bonds. The molecule has 0 aromatic carbocycles. The fourth-order valence-electron chi connectivity index (χ4n) is 2.31. The molecule has 114 valence electrons. The molecule has 8 heteroatoms. The Morgan fingerprint density at radius 2 is 1.90 bits per heavy atom. The molecule has 5 nitrogen and oxygen atoms in total. The number of rotatable bonds is 3. The molecule has 0 spiro atoms. The fourth-order valence-corrected chi connectivity index (χ4v) is 3.14. The topological polar surface area (TPSA) is 58.3 Å². The van der Waals surface area contributed by atoms with Crippen LogP contribution in [0.15, 0.2) is 24.5 Å². The summed E-state index contributed by atoms with van der Waals surface area (Å²) in [5.74, 6) is 0.996. The molecule has 0 atom stereocenters. The van der Waals surface area contributed by atoms with Crippen LogP contribution in [-0.2, 0) is 6.54 Å². The van der Waals surface area contributed by atoms with Gasteiger partial charge in [-0.2, -0.15) is 0 Å². The third kappa shape index (κ3) is 4.20. The van der Waals surface area contributed by atoms with Gasteiger partial charge in [-0.05, 0) is 12.1 Å². The Labute approximate surface area is 139 Å². The van der Waals surface area contributed by atoms with Crippen molar-refractivity contribution in [2.24, 2.45) is 0 Å². The highest BCUT2D eigenvalue weighted by molar-refractivity contribution is 7.15. The van der Waals surface area contributed by atoms with Gasteiger partial charge in [0.15, 0.2) is 5.13 Å². The van der Waals surface area contributed by atoms with Crippen molar-refractivity contribution >= 4 is 46.3 Å². The van der Waals surface area contributed by atoms with Gasteiger partial charge >= 0.3 is 0 Å². The van der Waals surface area contributed by atoms with Crippen LogP contribution in [0.3, 0.4) is 0 Å². The van der Waals surface area contributed by atoms with Crippen molar-refractivity contribution in [2.75, 3.05) is 36.8 Å². The summed E-state index contributed by atoms with van der Waals surface area (Å²) < 4.78 is 0. The molecule has 1 saturated heterocycles. The predicted octanol–water partition coefficient (Wildman–Crippen LogP) is 2.52. The third-order valence-corrected chi connectivity index (χ3v) is 4.39. The van der Waals surface area contributed by atoms with E-state index in [1.54, 1.807) is 17.5 Å². The van der Waals surface area contributed by atoms with E-state index in [1.165, 1.54) is 4.88 Å². The lowest BCUT2D eigenvalue weighted by Gasteiger charge is -2.35. The van der Waals surface area contributed by atoms with Gasteiger partial charge in [0.1, 0.15) is 5.82 Å². The molecule has 0 unspecified atom stereocenters. The van der Waals surface area contributed by atoms with Crippen LogP contribution in [0, 0.1) is 0 Å². The van der Waals surface area contributed by atoms with Crippen LogP contribution < -0.4 is 10.6 Å². The second kappa shape index (κ2) is 7.26. The number of hydrogen-bond acceptors (Lipinski definition) is 6. The zero-order valence-corrected chi connectivity index (χ0v) is 13.8. The van der Waals surface area contributed by atoms with Crippen LogP contribution in [0.2, 0.25) is 5.02 Å². The minimum atomic E-state index is 0. The van der Waals surface area contributed by atoms with E-state index in [0.717, 1.165) is 38.5 Å². The summed E-state index contributed by atoms with van der Waals surface area (Å²) in [4.78, 5) is 14.4. The first-order valence-electron chi connectivity index (χ1n) is 6.50. The maximum Gasteiger partial charge on any atom is 0.180 e. The van der Waals surface area contributed by atoms with Crippen molar-refractivity contribution < 1.29 is 0 Å². The van der Waals surface area contributed by atoms with E-state index >= 15 is 0 Å². The number of anilines is 2. The zero-order valence-electron chi connectivity index (χ0n) is 11.4. The molecule has 21 heavy (non-hydrogen) atoms. The number of thiazole rings is 1. The molecule has 3 heterocycles. The van der Waals surface area contributed by atoms with Gasteiger partial charge in [0.05, 0.1) is 5.02 Å². The van der Waals surface area contributed by atoms with Gasteiger partial charge in [-0.1, -0.05) is 11.6 Å². The lowest BCUT2D eigenvalue weighted by atomic mass is 10.3.